The van der Waals surface area contributed by atoms with Crippen LogP contribution in [0.1, 0.15) is 0 Å². The van der Waals surface area contributed by atoms with Crippen molar-refractivity contribution in [1.29, 1.82) is 0 Å². The molecule has 0 radical (unpaired) electrons. The molecule has 0 aromatic heterocycles. The minimum Gasteiger partial charge on any atom is -0.497 e. The molecule has 0 aliphatic carbocycles. The van der Waals surface area contributed by atoms with Gasteiger partial charge in [-0.25, -0.2) is 13.1 Å². The van der Waals surface area contributed by atoms with Gasteiger partial charge in [0.15, 0.2) is 0 Å². The number of alkyl halides is 1. The first kappa shape index (κ1) is 13.1. The van der Waals surface area contributed by atoms with Gasteiger partial charge in [-0.05, 0) is 12.1 Å². The van der Waals surface area contributed by atoms with Gasteiger partial charge in [0.05, 0.1) is 12.8 Å². The fourth-order valence-electron chi connectivity index (χ4n) is 1.13. The van der Waals surface area contributed by atoms with E-state index in [9.17, 15) is 8.42 Å². The first-order chi connectivity index (χ1) is 7.51. The Hall–Kier alpha value is -0.980. The number of methoxy groups -OCH3 is 1. The van der Waals surface area contributed by atoms with E-state index in [4.69, 9.17) is 22.1 Å². The Balaban J connectivity index is 3.11. The van der Waals surface area contributed by atoms with E-state index < -0.39 is 10.0 Å². The molecular weight excluding hydrogens is 252 g/mol. The van der Waals surface area contributed by atoms with Crippen LogP contribution in [0.4, 0.5) is 5.69 Å². The summed E-state index contributed by atoms with van der Waals surface area (Å²) < 4.78 is 30.8. The molecule has 90 valence electrons. The van der Waals surface area contributed by atoms with Crippen molar-refractivity contribution in [2.45, 2.75) is 4.90 Å². The summed E-state index contributed by atoms with van der Waals surface area (Å²) in [7, 11) is -2.17. The van der Waals surface area contributed by atoms with E-state index in [1.165, 1.54) is 19.2 Å². The monoisotopic (exact) mass is 264 g/mol. The summed E-state index contributed by atoms with van der Waals surface area (Å²) in [6.07, 6.45) is 0. The molecule has 7 heteroatoms. The molecule has 0 heterocycles. The summed E-state index contributed by atoms with van der Waals surface area (Å²) in [6.45, 7) is 0.153. The maximum atomic E-state index is 11.8. The highest BCUT2D eigenvalue weighted by molar-refractivity contribution is 7.89. The smallest absolute Gasteiger partial charge is 0.242 e. The molecule has 0 saturated carbocycles. The number of halogens is 1. The maximum absolute atomic E-state index is 11.8. The van der Waals surface area contributed by atoms with Crippen LogP contribution in [0, 0.1) is 0 Å². The number of sulfonamides is 1. The van der Waals surface area contributed by atoms with Gasteiger partial charge in [0.1, 0.15) is 10.6 Å². The quantitative estimate of drug-likeness (QED) is 0.609. The minimum absolute atomic E-state index is 0.00281. The van der Waals surface area contributed by atoms with E-state index in [2.05, 4.69) is 4.72 Å². The Bertz CT molecular complexity index is 462. The molecular formula is C9H13ClN2O3S. The molecule has 1 aromatic rings. The van der Waals surface area contributed by atoms with E-state index in [0.29, 0.717) is 5.75 Å². The van der Waals surface area contributed by atoms with Crippen molar-refractivity contribution in [3.8, 4) is 5.75 Å². The molecule has 5 nitrogen and oxygen atoms in total. The summed E-state index contributed by atoms with van der Waals surface area (Å²) in [6, 6.07) is 4.44. The summed E-state index contributed by atoms with van der Waals surface area (Å²) in [5.41, 5.74) is 5.76. The van der Waals surface area contributed by atoms with Crippen LogP contribution in [0.2, 0.25) is 0 Å². The molecule has 1 aromatic carbocycles. The Labute approximate surface area is 99.6 Å². The van der Waals surface area contributed by atoms with Gasteiger partial charge in [-0.3, -0.25) is 0 Å². The molecule has 0 fully saturated rings. The highest BCUT2D eigenvalue weighted by Gasteiger charge is 2.17. The van der Waals surface area contributed by atoms with Gasteiger partial charge in [0, 0.05) is 18.5 Å². The highest BCUT2D eigenvalue weighted by Crippen LogP contribution is 2.23. The SMILES string of the molecule is COc1ccc(N)c(S(=O)(=O)NCCCl)c1. The van der Waals surface area contributed by atoms with E-state index in [1.807, 2.05) is 0 Å². The van der Waals surface area contributed by atoms with Crippen LogP contribution >= 0.6 is 11.6 Å². The molecule has 0 atom stereocenters. The van der Waals surface area contributed by atoms with Gasteiger partial charge in [-0.1, -0.05) is 0 Å². The topological polar surface area (TPSA) is 81.4 Å². The average Bonchev–Trinajstić information content (AvgIpc) is 2.27. The largest absolute Gasteiger partial charge is 0.497 e. The number of nitrogen functional groups attached to an aromatic ring is 1. The Morgan fingerprint density at radius 3 is 2.75 bits per heavy atom. The third-order valence-electron chi connectivity index (χ3n) is 1.90. The first-order valence-corrected chi connectivity index (χ1v) is 6.52. The van der Waals surface area contributed by atoms with Crippen molar-refractivity contribution >= 4 is 27.3 Å². The van der Waals surface area contributed by atoms with Gasteiger partial charge >= 0.3 is 0 Å². The number of nitrogens with two attached hydrogens (primary N) is 1. The second kappa shape index (κ2) is 5.38. The number of benzene rings is 1. The van der Waals surface area contributed by atoms with Crippen molar-refractivity contribution in [3.63, 3.8) is 0 Å². The third kappa shape index (κ3) is 3.01. The molecule has 0 amide bonds. The van der Waals surface area contributed by atoms with Crippen molar-refractivity contribution in [2.75, 3.05) is 25.3 Å². The summed E-state index contributed by atoms with van der Waals surface area (Å²) in [5.74, 6) is 0.628. The molecule has 0 bridgehead atoms. The molecule has 0 unspecified atom stereocenters. The van der Waals surface area contributed by atoms with Crippen LogP contribution in [0.5, 0.6) is 5.75 Å². The second-order valence-corrected chi connectivity index (χ2v) is 5.10. The number of anilines is 1. The number of rotatable bonds is 5. The zero-order valence-electron chi connectivity index (χ0n) is 8.73. The van der Waals surface area contributed by atoms with Gasteiger partial charge in [-0.2, -0.15) is 0 Å². The Morgan fingerprint density at radius 2 is 2.19 bits per heavy atom. The molecule has 3 N–H and O–H groups in total. The van der Waals surface area contributed by atoms with E-state index in [0.717, 1.165) is 0 Å². The Morgan fingerprint density at radius 1 is 1.50 bits per heavy atom. The number of hydrogen-bond acceptors (Lipinski definition) is 4. The molecule has 1 rings (SSSR count). The van der Waals surface area contributed by atoms with Crippen LogP contribution in [-0.4, -0.2) is 28.0 Å². The van der Waals surface area contributed by atoms with Crippen LogP contribution < -0.4 is 15.2 Å². The Kier molecular flexibility index (Phi) is 4.40. The fourth-order valence-corrected chi connectivity index (χ4v) is 2.51. The first-order valence-electron chi connectivity index (χ1n) is 4.50. The van der Waals surface area contributed by atoms with Crippen LogP contribution in [0.25, 0.3) is 0 Å². The molecule has 0 saturated heterocycles. The highest BCUT2D eigenvalue weighted by atomic mass is 35.5. The van der Waals surface area contributed by atoms with Gasteiger partial charge < -0.3 is 10.5 Å². The summed E-state index contributed by atoms with van der Waals surface area (Å²) in [5, 5.41) is 0. The lowest BCUT2D eigenvalue weighted by Crippen LogP contribution is -2.26. The number of ether oxygens (including phenoxy) is 1. The molecule has 0 spiro atoms. The molecule has 16 heavy (non-hydrogen) atoms. The molecule has 0 aliphatic heterocycles. The standard InChI is InChI=1S/C9H13ClN2O3S/c1-15-7-2-3-8(11)9(6-7)16(13,14)12-5-4-10/h2-3,6,12H,4-5,11H2,1H3. The third-order valence-corrected chi connectivity index (χ3v) is 3.60. The van der Waals surface area contributed by atoms with E-state index in [1.54, 1.807) is 6.07 Å². The minimum atomic E-state index is -3.63. The van der Waals surface area contributed by atoms with Gasteiger partial charge in [0.25, 0.3) is 0 Å². The molecule has 0 aliphatic rings. The summed E-state index contributed by atoms with van der Waals surface area (Å²) >= 11 is 5.41. The van der Waals surface area contributed by atoms with Crippen LogP contribution in [0.3, 0.4) is 0 Å². The summed E-state index contributed by atoms with van der Waals surface area (Å²) in [4.78, 5) is -0.00281. The van der Waals surface area contributed by atoms with Crippen molar-refractivity contribution < 1.29 is 13.2 Å². The predicted octanol–water partition coefficient (Wildman–Crippen LogP) is 0.794. The second-order valence-electron chi connectivity index (χ2n) is 2.99. The predicted molar refractivity (Wildman–Crippen MR) is 63.3 cm³/mol. The normalized spacial score (nSPS) is 11.4. The maximum Gasteiger partial charge on any atom is 0.242 e. The number of hydrogen-bond donors (Lipinski definition) is 2. The zero-order chi connectivity index (χ0) is 12.2. The van der Waals surface area contributed by atoms with E-state index in [-0.39, 0.29) is 23.0 Å². The lowest BCUT2D eigenvalue weighted by molar-refractivity contribution is 0.413. The van der Waals surface area contributed by atoms with E-state index >= 15 is 0 Å². The zero-order valence-corrected chi connectivity index (χ0v) is 10.3. The van der Waals surface area contributed by atoms with Crippen molar-refractivity contribution in [1.82, 2.24) is 4.72 Å². The van der Waals surface area contributed by atoms with Gasteiger partial charge in [-0.15, -0.1) is 11.6 Å². The fraction of sp³-hybridized carbons (Fsp3) is 0.333. The van der Waals surface area contributed by atoms with Crippen LogP contribution in [-0.2, 0) is 10.0 Å². The van der Waals surface area contributed by atoms with Gasteiger partial charge in [0.2, 0.25) is 10.0 Å². The van der Waals surface area contributed by atoms with Crippen molar-refractivity contribution in [2.24, 2.45) is 0 Å². The lowest BCUT2D eigenvalue weighted by Gasteiger charge is -2.09. The van der Waals surface area contributed by atoms with Crippen LogP contribution in [0.15, 0.2) is 23.1 Å². The van der Waals surface area contributed by atoms with Crippen molar-refractivity contribution in [3.05, 3.63) is 18.2 Å². The average molecular weight is 265 g/mol. The lowest BCUT2D eigenvalue weighted by atomic mass is 10.3. The number of nitrogens with one attached hydrogen (secondary N) is 1.